The van der Waals surface area contributed by atoms with E-state index >= 15 is 0 Å². The summed E-state index contributed by atoms with van der Waals surface area (Å²) in [7, 11) is 1.61. The number of carbonyl (C=O) groups excluding carboxylic acids is 1. The van der Waals surface area contributed by atoms with Crippen molar-refractivity contribution in [2.24, 2.45) is 5.73 Å². The molecule has 0 bridgehead atoms. The summed E-state index contributed by atoms with van der Waals surface area (Å²) in [6.45, 7) is 7.70. The molecule has 21 heavy (non-hydrogen) atoms. The van der Waals surface area contributed by atoms with Crippen LogP contribution in [0.2, 0.25) is 0 Å². The summed E-state index contributed by atoms with van der Waals surface area (Å²) in [5.41, 5.74) is 6.52. The zero-order chi connectivity index (χ0) is 16.0. The summed E-state index contributed by atoms with van der Waals surface area (Å²) in [6.07, 6.45) is 0.660. The smallest absolute Gasteiger partial charge is 0.258 e. The van der Waals surface area contributed by atoms with E-state index in [1.165, 1.54) is 0 Å². The van der Waals surface area contributed by atoms with Crippen LogP contribution in [0, 0.1) is 0 Å². The molecule has 3 N–H and O–H groups in total. The quantitative estimate of drug-likeness (QED) is 0.840. The molecule has 1 amide bonds. The molecule has 0 spiro atoms. The van der Waals surface area contributed by atoms with Crippen molar-refractivity contribution >= 4 is 5.91 Å². The Morgan fingerprint density at radius 1 is 1.38 bits per heavy atom. The lowest BCUT2D eigenvalue weighted by Gasteiger charge is -2.21. The van der Waals surface area contributed by atoms with E-state index < -0.39 is 0 Å². The number of hydrogen-bond donors (Lipinski definition) is 2. The van der Waals surface area contributed by atoms with Gasteiger partial charge in [-0.2, -0.15) is 0 Å². The fourth-order valence-electron chi connectivity index (χ4n) is 1.93. The number of nitrogens with two attached hydrogens (primary N) is 1. The molecule has 118 valence electrons. The van der Waals surface area contributed by atoms with Gasteiger partial charge in [0.25, 0.3) is 5.91 Å². The molecule has 1 aromatic rings. The highest BCUT2D eigenvalue weighted by Crippen LogP contribution is 2.25. The molecule has 5 nitrogen and oxygen atoms in total. The van der Waals surface area contributed by atoms with Crippen LogP contribution in [0.3, 0.4) is 0 Å². The van der Waals surface area contributed by atoms with Crippen molar-refractivity contribution in [2.45, 2.75) is 45.7 Å². The van der Waals surface area contributed by atoms with E-state index in [2.05, 4.69) is 5.32 Å². The third-order valence-electron chi connectivity index (χ3n) is 2.68. The van der Waals surface area contributed by atoms with E-state index in [4.69, 9.17) is 15.2 Å². The number of methoxy groups -OCH3 is 1. The molecule has 0 aliphatic rings. The first-order valence-electron chi connectivity index (χ1n) is 7.07. The molecule has 0 radical (unpaired) electrons. The Morgan fingerprint density at radius 3 is 2.57 bits per heavy atom. The average molecular weight is 294 g/mol. The van der Waals surface area contributed by atoms with Gasteiger partial charge in [0.1, 0.15) is 11.5 Å². The first-order valence-corrected chi connectivity index (χ1v) is 7.07. The molecule has 0 saturated heterocycles. The van der Waals surface area contributed by atoms with Crippen molar-refractivity contribution in [3.05, 3.63) is 23.8 Å². The van der Waals surface area contributed by atoms with Crippen molar-refractivity contribution in [3.8, 4) is 11.5 Å². The van der Waals surface area contributed by atoms with Crippen LogP contribution < -0.4 is 20.5 Å². The molecule has 1 atom stereocenters. The maximum absolute atomic E-state index is 11.8. The Hall–Kier alpha value is -1.75. The van der Waals surface area contributed by atoms with E-state index in [-0.39, 0.29) is 24.1 Å². The van der Waals surface area contributed by atoms with Crippen molar-refractivity contribution in [1.82, 2.24) is 5.32 Å². The van der Waals surface area contributed by atoms with Crippen LogP contribution in [-0.4, -0.2) is 31.2 Å². The third-order valence-corrected chi connectivity index (χ3v) is 2.68. The molecule has 0 aromatic heterocycles. The molecule has 0 saturated carbocycles. The fraction of sp³-hybridized carbons (Fsp3) is 0.562. The summed E-state index contributed by atoms with van der Waals surface area (Å²) in [5, 5.41) is 2.86. The van der Waals surface area contributed by atoms with Crippen molar-refractivity contribution in [3.63, 3.8) is 0 Å². The van der Waals surface area contributed by atoms with Gasteiger partial charge in [-0.1, -0.05) is 0 Å². The zero-order valence-corrected chi connectivity index (χ0v) is 13.5. The monoisotopic (exact) mass is 294 g/mol. The van der Waals surface area contributed by atoms with Gasteiger partial charge in [0.2, 0.25) is 0 Å². The molecule has 0 aliphatic carbocycles. The van der Waals surface area contributed by atoms with Crippen LogP contribution in [0.4, 0.5) is 0 Å². The molecule has 1 unspecified atom stereocenters. The van der Waals surface area contributed by atoms with E-state index in [9.17, 15) is 4.79 Å². The number of ether oxygens (including phenoxy) is 2. The summed E-state index contributed by atoms with van der Waals surface area (Å²) in [5.74, 6) is 1.26. The molecule has 0 fully saturated rings. The Labute approximate surface area is 126 Å². The van der Waals surface area contributed by atoms with Crippen molar-refractivity contribution in [1.29, 1.82) is 0 Å². The second kappa shape index (κ2) is 7.31. The minimum atomic E-state index is -0.269. The summed E-state index contributed by atoms with van der Waals surface area (Å²) < 4.78 is 10.8. The Kier molecular flexibility index (Phi) is 6.03. The first-order chi connectivity index (χ1) is 9.71. The standard InChI is InChI=1S/C16H26N2O3/c1-11(17)8-12-9-13(20-5)6-7-14(12)21-10-15(19)18-16(2,3)4/h6-7,9,11H,8,10,17H2,1-5H3,(H,18,19). The minimum Gasteiger partial charge on any atom is -0.497 e. The Morgan fingerprint density at radius 2 is 2.05 bits per heavy atom. The molecular formula is C16H26N2O3. The van der Waals surface area contributed by atoms with Crippen molar-refractivity contribution in [2.75, 3.05) is 13.7 Å². The third kappa shape index (κ3) is 6.49. The Balaban J connectivity index is 2.75. The number of benzene rings is 1. The maximum Gasteiger partial charge on any atom is 0.258 e. The lowest BCUT2D eigenvalue weighted by molar-refractivity contribution is -0.124. The van der Waals surface area contributed by atoms with Crippen LogP contribution in [0.1, 0.15) is 33.3 Å². The number of rotatable bonds is 6. The largest absolute Gasteiger partial charge is 0.497 e. The highest BCUT2D eigenvalue weighted by Gasteiger charge is 2.15. The van der Waals surface area contributed by atoms with Gasteiger partial charge in [-0.3, -0.25) is 4.79 Å². The maximum atomic E-state index is 11.8. The van der Waals surface area contributed by atoms with Crippen LogP contribution >= 0.6 is 0 Å². The topological polar surface area (TPSA) is 73.6 Å². The minimum absolute atomic E-state index is 0.00265. The molecular weight excluding hydrogens is 268 g/mol. The zero-order valence-electron chi connectivity index (χ0n) is 13.5. The lowest BCUT2D eigenvalue weighted by Crippen LogP contribution is -2.43. The number of amides is 1. The van der Waals surface area contributed by atoms with E-state index in [0.717, 1.165) is 11.3 Å². The lowest BCUT2D eigenvalue weighted by atomic mass is 10.1. The Bertz CT molecular complexity index is 479. The van der Waals surface area contributed by atoms with Gasteiger partial charge in [0.15, 0.2) is 6.61 Å². The predicted molar refractivity (Wildman–Crippen MR) is 83.7 cm³/mol. The highest BCUT2D eigenvalue weighted by molar-refractivity contribution is 5.78. The van der Waals surface area contributed by atoms with Gasteiger partial charge in [0, 0.05) is 11.6 Å². The van der Waals surface area contributed by atoms with Gasteiger partial charge >= 0.3 is 0 Å². The first kappa shape index (κ1) is 17.3. The van der Waals surface area contributed by atoms with Crippen LogP contribution in [0.5, 0.6) is 11.5 Å². The van der Waals surface area contributed by atoms with Gasteiger partial charge in [-0.15, -0.1) is 0 Å². The number of hydrogen-bond acceptors (Lipinski definition) is 4. The molecule has 1 aromatic carbocycles. The SMILES string of the molecule is COc1ccc(OCC(=O)NC(C)(C)C)c(CC(C)N)c1. The molecule has 5 heteroatoms. The number of nitrogens with one attached hydrogen (secondary N) is 1. The van der Waals surface area contributed by atoms with E-state index in [1.807, 2.05) is 39.8 Å². The fourth-order valence-corrected chi connectivity index (χ4v) is 1.93. The predicted octanol–water partition coefficient (Wildman–Crippen LogP) is 1.88. The number of carbonyl (C=O) groups is 1. The van der Waals surface area contributed by atoms with E-state index in [1.54, 1.807) is 13.2 Å². The molecule has 0 aliphatic heterocycles. The summed E-state index contributed by atoms with van der Waals surface area (Å²) in [4.78, 5) is 11.8. The second-order valence-corrected chi connectivity index (χ2v) is 6.24. The summed E-state index contributed by atoms with van der Waals surface area (Å²) in [6, 6.07) is 5.51. The van der Waals surface area contributed by atoms with Crippen molar-refractivity contribution < 1.29 is 14.3 Å². The normalized spacial score (nSPS) is 12.7. The summed E-state index contributed by atoms with van der Waals surface area (Å²) >= 11 is 0. The van der Waals surface area contributed by atoms with Crippen LogP contribution in [0.25, 0.3) is 0 Å². The highest BCUT2D eigenvalue weighted by atomic mass is 16.5. The van der Waals surface area contributed by atoms with Gasteiger partial charge in [-0.05, 0) is 57.9 Å². The van der Waals surface area contributed by atoms with Crippen LogP contribution in [-0.2, 0) is 11.2 Å². The average Bonchev–Trinajstić information content (AvgIpc) is 2.34. The van der Waals surface area contributed by atoms with E-state index in [0.29, 0.717) is 12.2 Å². The second-order valence-electron chi connectivity index (χ2n) is 6.24. The van der Waals surface area contributed by atoms with Crippen LogP contribution in [0.15, 0.2) is 18.2 Å². The molecule has 0 heterocycles. The van der Waals surface area contributed by atoms with Gasteiger partial charge in [-0.25, -0.2) is 0 Å². The van der Waals surface area contributed by atoms with Gasteiger partial charge in [0.05, 0.1) is 7.11 Å². The molecule has 1 rings (SSSR count). The van der Waals surface area contributed by atoms with Gasteiger partial charge < -0.3 is 20.5 Å².